The number of rotatable bonds is 4. The number of nitrogens with zero attached hydrogens (tertiary/aromatic N) is 2. The van der Waals surface area contributed by atoms with Gasteiger partial charge in [0, 0.05) is 36.6 Å². The molecule has 3 rings (SSSR count). The number of piperidine rings is 1. The van der Waals surface area contributed by atoms with Crippen molar-refractivity contribution in [3.8, 4) is 0 Å². The van der Waals surface area contributed by atoms with E-state index in [-0.39, 0.29) is 11.9 Å². The smallest absolute Gasteiger partial charge is 0.289 e. The number of likely N-dealkylation sites (tertiary alicyclic amines) is 1. The summed E-state index contributed by atoms with van der Waals surface area (Å²) in [6.45, 7) is 4.25. The van der Waals surface area contributed by atoms with E-state index in [0.717, 1.165) is 42.5 Å². The zero-order valence-corrected chi connectivity index (χ0v) is 14.8. The molecular formula is C19H27N3O2. The van der Waals surface area contributed by atoms with Crippen molar-refractivity contribution in [2.24, 2.45) is 11.7 Å². The molecule has 0 saturated carbocycles. The molecule has 1 saturated heterocycles. The van der Waals surface area contributed by atoms with Gasteiger partial charge in [-0.3, -0.25) is 4.79 Å². The van der Waals surface area contributed by atoms with E-state index in [1.807, 2.05) is 43.3 Å². The van der Waals surface area contributed by atoms with Gasteiger partial charge in [0.1, 0.15) is 5.58 Å². The third-order valence-electron chi connectivity index (χ3n) is 4.94. The molecule has 1 aliphatic rings. The van der Waals surface area contributed by atoms with E-state index in [1.165, 1.54) is 0 Å². The van der Waals surface area contributed by atoms with Gasteiger partial charge in [-0.1, -0.05) is 18.2 Å². The Morgan fingerprint density at radius 1 is 1.33 bits per heavy atom. The van der Waals surface area contributed by atoms with Crippen LogP contribution in [-0.4, -0.2) is 48.9 Å². The molecule has 1 aromatic carbocycles. The van der Waals surface area contributed by atoms with Crippen LogP contribution >= 0.6 is 0 Å². The molecule has 2 aromatic rings. The zero-order valence-electron chi connectivity index (χ0n) is 14.8. The van der Waals surface area contributed by atoms with Crippen molar-refractivity contribution in [3.05, 3.63) is 35.6 Å². The van der Waals surface area contributed by atoms with E-state index >= 15 is 0 Å². The summed E-state index contributed by atoms with van der Waals surface area (Å²) in [5.41, 5.74) is 7.76. The number of hydrogen-bond acceptors (Lipinski definition) is 4. The fraction of sp³-hybridized carbons (Fsp3) is 0.526. The summed E-state index contributed by atoms with van der Waals surface area (Å²) in [7, 11) is 4.01. The molecule has 1 unspecified atom stereocenters. The number of hydrogen-bond donors (Lipinski definition) is 1. The fourth-order valence-electron chi connectivity index (χ4n) is 3.52. The summed E-state index contributed by atoms with van der Waals surface area (Å²) in [6.07, 6.45) is 1.93. The van der Waals surface area contributed by atoms with Crippen LogP contribution in [0.2, 0.25) is 0 Å². The third kappa shape index (κ3) is 3.32. The number of amides is 1. The van der Waals surface area contributed by atoms with Gasteiger partial charge >= 0.3 is 0 Å². The predicted molar refractivity (Wildman–Crippen MR) is 95.9 cm³/mol. The van der Waals surface area contributed by atoms with Gasteiger partial charge in [-0.25, -0.2) is 0 Å². The fourth-order valence-corrected chi connectivity index (χ4v) is 3.52. The molecule has 1 aliphatic heterocycles. The van der Waals surface area contributed by atoms with Gasteiger partial charge in [0.05, 0.1) is 0 Å². The quantitative estimate of drug-likeness (QED) is 0.937. The van der Waals surface area contributed by atoms with E-state index in [4.69, 9.17) is 10.2 Å². The van der Waals surface area contributed by atoms with Gasteiger partial charge in [0.25, 0.3) is 5.91 Å². The van der Waals surface area contributed by atoms with Crippen molar-refractivity contribution in [2.45, 2.75) is 32.4 Å². The Hall–Kier alpha value is -1.85. The topological polar surface area (TPSA) is 62.7 Å². The zero-order chi connectivity index (χ0) is 17.3. The minimum Gasteiger partial charge on any atom is -0.451 e. The lowest BCUT2D eigenvalue weighted by Gasteiger charge is -2.33. The Labute approximate surface area is 143 Å². The molecule has 1 fully saturated rings. The van der Waals surface area contributed by atoms with Crippen molar-refractivity contribution in [2.75, 3.05) is 27.2 Å². The van der Waals surface area contributed by atoms with Crippen LogP contribution in [0, 0.1) is 5.92 Å². The average Bonchev–Trinajstić information content (AvgIpc) is 2.92. The number of carbonyl (C=O) groups is 1. The van der Waals surface area contributed by atoms with Crippen molar-refractivity contribution >= 4 is 16.9 Å². The number of carbonyl (C=O) groups excluding carboxylic acids is 1. The van der Waals surface area contributed by atoms with E-state index in [0.29, 0.717) is 18.2 Å². The molecule has 2 N–H and O–H groups in total. The number of furan rings is 1. The maximum absolute atomic E-state index is 13.0. The van der Waals surface area contributed by atoms with Crippen LogP contribution in [0.3, 0.4) is 0 Å². The summed E-state index contributed by atoms with van der Waals surface area (Å²) < 4.78 is 5.95. The minimum atomic E-state index is 0.00572. The maximum atomic E-state index is 13.0. The van der Waals surface area contributed by atoms with Gasteiger partial charge in [-0.05, 0) is 45.8 Å². The van der Waals surface area contributed by atoms with E-state index in [9.17, 15) is 4.79 Å². The molecule has 1 atom stereocenters. The first-order valence-corrected chi connectivity index (χ1v) is 8.67. The first-order chi connectivity index (χ1) is 11.5. The molecular weight excluding hydrogens is 302 g/mol. The van der Waals surface area contributed by atoms with Gasteiger partial charge in [-0.15, -0.1) is 0 Å². The molecule has 2 heterocycles. The highest BCUT2D eigenvalue weighted by atomic mass is 16.3. The van der Waals surface area contributed by atoms with Crippen LogP contribution in [0.25, 0.3) is 11.0 Å². The lowest BCUT2D eigenvalue weighted by atomic mass is 9.91. The second-order valence-electron chi connectivity index (χ2n) is 7.13. The third-order valence-corrected chi connectivity index (χ3v) is 4.94. The monoisotopic (exact) mass is 329 g/mol. The van der Waals surface area contributed by atoms with E-state index in [1.54, 1.807) is 0 Å². The molecule has 5 nitrogen and oxygen atoms in total. The molecule has 0 bridgehead atoms. The van der Waals surface area contributed by atoms with Crippen molar-refractivity contribution in [3.63, 3.8) is 0 Å². The van der Waals surface area contributed by atoms with Crippen molar-refractivity contribution < 1.29 is 9.21 Å². The highest BCUT2D eigenvalue weighted by Gasteiger charge is 2.29. The first kappa shape index (κ1) is 17.0. The Morgan fingerprint density at radius 2 is 2.00 bits per heavy atom. The first-order valence-electron chi connectivity index (χ1n) is 8.67. The van der Waals surface area contributed by atoms with Crippen LogP contribution < -0.4 is 5.73 Å². The maximum Gasteiger partial charge on any atom is 0.289 e. The van der Waals surface area contributed by atoms with Crippen molar-refractivity contribution in [1.29, 1.82) is 0 Å². The minimum absolute atomic E-state index is 0.00572. The summed E-state index contributed by atoms with van der Waals surface area (Å²) in [4.78, 5) is 17.0. The predicted octanol–water partition coefficient (Wildman–Crippen LogP) is 2.69. The molecule has 130 valence electrons. The van der Waals surface area contributed by atoms with E-state index in [2.05, 4.69) is 11.8 Å². The molecule has 0 spiro atoms. The Morgan fingerprint density at radius 3 is 2.62 bits per heavy atom. The lowest BCUT2D eigenvalue weighted by molar-refractivity contribution is 0.0649. The van der Waals surface area contributed by atoms with Gasteiger partial charge in [0.2, 0.25) is 0 Å². The van der Waals surface area contributed by atoms with Crippen LogP contribution in [0.4, 0.5) is 0 Å². The lowest BCUT2D eigenvalue weighted by Crippen LogP contribution is -2.42. The normalized spacial score (nSPS) is 17.6. The van der Waals surface area contributed by atoms with Crippen molar-refractivity contribution in [1.82, 2.24) is 9.80 Å². The molecule has 1 amide bonds. The molecule has 0 aliphatic carbocycles. The molecule has 1 aromatic heterocycles. The summed E-state index contributed by atoms with van der Waals surface area (Å²) in [5.74, 6) is 1.00. The number of nitrogens with two attached hydrogens (primary N) is 1. The second kappa shape index (κ2) is 6.95. The van der Waals surface area contributed by atoms with Crippen LogP contribution in [0.1, 0.15) is 35.9 Å². The number of para-hydroxylation sites is 1. The highest BCUT2D eigenvalue weighted by molar-refractivity contribution is 5.99. The molecule has 5 heteroatoms. The van der Waals surface area contributed by atoms with E-state index < -0.39 is 0 Å². The SMILES string of the molecule is CC(N)C1CCN(C(=O)c2oc3ccccc3c2CN(C)C)CC1. The Kier molecular flexibility index (Phi) is 4.92. The summed E-state index contributed by atoms with van der Waals surface area (Å²) in [5, 5.41) is 1.03. The summed E-state index contributed by atoms with van der Waals surface area (Å²) >= 11 is 0. The molecule has 24 heavy (non-hydrogen) atoms. The van der Waals surface area contributed by atoms with Crippen LogP contribution in [0.5, 0.6) is 0 Å². The van der Waals surface area contributed by atoms with Crippen LogP contribution in [-0.2, 0) is 6.54 Å². The van der Waals surface area contributed by atoms with Gasteiger partial charge in [0.15, 0.2) is 5.76 Å². The summed E-state index contributed by atoms with van der Waals surface area (Å²) in [6, 6.07) is 8.06. The second-order valence-corrected chi connectivity index (χ2v) is 7.13. The Bertz CT molecular complexity index is 712. The van der Waals surface area contributed by atoms with Crippen LogP contribution in [0.15, 0.2) is 28.7 Å². The molecule has 0 radical (unpaired) electrons. The standard InChI is InChI=1S/C19H27N3O2/c1-13(20)14-8-10-22(11-9-14)19(23)18-16(12-21(2)3)15-6-4-5-7-17(15)24-18/h4-7,13-14H,8-12,20H2,1-3H3. The highest BCUT2D eigenvalue weighted by Crippen LogP contribution is 2.29. The average molecular weight is 329 g/mol. The Balaban J connectivity index is 1.87. The van der Waals surface area contributed by atoms with Gasteiger partial charge < -0.3 is 20.0 Å². The number of benzene rings is 1. The number of fused-ring (bicyclic) bond motifs is 1. The largest absolute Gasteiger partial charge is 0.451 e. The van der Waals surface area contributed by atoms with Gasteiger partial charge in [-0.2, -0.15) is 0 Å².